The second-order valence-electron chi connectivity index (χ2n) is 20.8. The van der Waals surface area contributed by atoms with Crippen molar-refractivity contribution < 1.29 is 8.78 Å². The van der Waals surface area contributed by atoms with Crippen LogP contribution in [-0.4, -0.2) is 11.1 Å². The zero-order valence-corrected chi connectivity index (χ0v) is 35.5. The third kappa shape index (κ3) is 5.91. The molecular formula is C58H54F2N2. The number of hydrogen-bond donors (Lipinski definition) is 0. The van der Waals surface area contributed by atoms with E-state index in [0.29, 0.717) is 0 Å². The highest BCUT2D eigenvalue weighted by atomic mass is 19.1. The molecular weight excluding hydrogens is 763 g/mol. The summed E-state index contributed by atoms with van der Waals surface area (Å²) in [6.45, 7) is 0. The molecule has 62 heavy (non-hydrogen) atoms. The van der Waals surface area contributed by atoms with E-state index >= 15 is 0 Å². The first-order valence-corrected chi connectivity index (χ1v) is 23.6. The number of fused-ring (bicyclic) bond motifs is 3. The van der Waals surface area contributed by atoms with Crippen molar-refractivity contribution in [1.82, 2.24) is 0 Å². The number of hydrogen-bond acceptors (Lipinski definition) is 2. The van der Waals surface area contributed by atoms with Crippen LogP contribution < -0.4 is 9.80 Å². The summed E-state index contributed by atoms with van der Waals surface area (Å²) in [7, 11) is 0. The molecule has 0 radical (unpaired) electrons. The number of nitrogens with zero attached hydrogens (tertiary/aromatic N) is 2. The molecule has 8 bridgehead atoms. The summed E-state index contributed by atoms with van der Waals surface area (Å²) in [5, 5.41) is 4.66. The Labute approximate surface area is 364 Å². The molecule has 8 aliphatic carbocycles. The van der Waals surface area contributed by atoms with Crippen molar-refractivity contribution in [3.05, 3.63) is 157 Å². The van der Waals surface area contributed by atoms with Crippen molar-refractivity contribution in [2.75, 3.05) is 9.80 Å². The maximum Gasteiger partial charge on any atom is 0.123 e. The Morgan fingerprint density at radius 2 is 0.661 bits per heavy atom. The van der Waals surface area contributed by atoms with Crippen molar-refractivity contribution in [2.45, 2.75) is 88.1 Å². The molecule has 2 nitrogen and oxygen atoms in total. The van der Waals surface area contributed by atoms with Crippen LogP contribution in [0.5, 0.6) is 0 Å². The van der Waals surface area contributed by atoms with Gasteiger partial charge in [-0.05, 0) is 229 Å². The fourth-order valence-electron chi connectivity index (χ4n) is 15.6. The van der Waals surface area contributed by atoms with Crippen LogP contribution in [0.4, 0.5) is 31.5 Å². The fourth-order valence-corrected chi connectivity index (χ4v) is 15.6. The zero-order chi connectivity index (χ0) is 41.2. The maximum absolute atomic E-state index is 14.7. The van der Waals surface area contributed by atoms with Crippen molar-refractivity contribution in [3.8, 4) is 22.3 Å². The minimum atomic E-state index is -0.256. The van der Waals surface area contributed by atoms with Gasteiger partial charge < -0.3 is 9.80 Å². The smallest absolute Gasteiger partial charge is 0.123 e. The van der Waals surface area contributed by atoms with Gasteiger partial charge in [0.15, 0.2) is 0 Å². The topological polar surface area (TPSA) is 6.48 Å². The Morgan fingerprint density at radius 1 is 0.339 bits per heavy atom. The SMILES string of the molecule is Fc1ccc(-c2c(-c3ccc(F)cc3)c3ccc(N(c4ccccc4)C45CC6CC(CC(C6)C4)C5)cc3c3cc(N(c4ccccc4)C45CC6CC(CC(C6)C4)C5)ccc23)cc1. The van der Waals surface area contributed by atoms with Gasteiger partial charge in [-0.25, -0.2) is 8.78 Å². The Bertz CT molecular complexity index is 2560. The van der Waals surface area contributed by atoms with E-state index in [1.807, 2.05) is 24.3 Å². The lowest BCUT2D eigenvalue weighted by molar-refractivity contribution is 0.000409. The van der Waals surface area contributed by atoms with Gasteiger partial charge in [0.1, 0.15) is 11.6 Å². The minimum absolute atomic E-state index is 0.0845. The largest absolute Gasteiger partial charge is 0.335 e. The molecule has 4 heteroatoms. The predicted molar refractivity (Wildman–Crippen MR) is 251 cm³/mol. The Hall–Kier alpha value is -5.48. The maximum atomic E-state index is 14.7. The van der Waals surface area contributed by atoms with Gasteiger partial charge in [-0.15, -0.1) is 0 Å². The Kier molecular flexibility index (Phi) is 8.39. The van der Waals surface area contributed by atoms with Gasteiger partial charge in [0, 0.05) is 33.8 Å². The standard InChI is InChI=1S/C58H54F2N2/c59-45-15-11-43(12-16-45)55-51-21-19-49(61(47-7-3-1-4-8-47)57-31-37-23-38(32-57)25-39(24-37)33-57)29-53(51)54-30-50(20-22-52(54)56(55)44-13-17-46(60)18-14-44)62(48-9-5-2-6-10-48)58-34-40-26-41(35-58)28-42(27-40)36-58/h1-22,29-30,37-42H,23-28,31-36H2. The molecule has 15 rings (SSSR count). The molecule has 7 aromatic carbocycles. The molecule has 0 unspecified atom stereocenters. The predicted octanol–water partition coefficient (Wildman–Crippen LogP) is 15.8. The van der Waals surface area contributed by atoms with Crippen molar-refractivity contribution >= 4 is 44.3 Å². The van der Waals surface area contributed by atoms with Gasteiger partial charge >= 0.3 is 0 Å². The molecule has 0 N–H and O–H groups in total. The summed E-state index contributed by atoms with van der Waals surface area (Å²) in [4.78, 5) is 5.54. The van der Waals surface area contributed by atoms with E-state index in [4.69, 9.17) is 0 Å². The van der Waals surface area contributed by atoms with Crippen molar-refractivity contribution in [3.63, 3.8) is 0 Å². The molecule has 0 aromatic heterocycles. The van der Waals surface area contributed by atoms with Crippen LogP contribution >= 0.6 is 0 Å². The van der Waals surface area contributed by atoms with Gasteiger partial charge in [-0.3, -0.25) is 0 Å². The van der Waals surface area contributed by atoms with Crippen LogP contribution in [0, 0.1) is 47.1 Å². The van der Waals surface area contributed by atoms with E-state index < -0.39 is 0 Å². The number of para-hydroxylation sites is 2. The number of halogens is 2. The third-order valence-corrected chi connectivity index (χ3v) is 16.9. The summed E-state index contributed by atoms with van der Waals surface area (Å²) in [6, 6.07) is 50.8. The molecule has 7 aromatic rings. The average Bonchev–Trinajstić information content (AvgIpc) is 3.26. The van der Waals surface area contributed by atoms with E-state index in [1.165, 1.54) is 111 Å². The lowest BCUT2D eigenvalue weighted by Gasteiger charge is -2.61. The number of rotatable bonds is 8. The average molecular weight is 817 g/mol. The zero-order valence-electron chi connectivity index (χ0n) is 35.5. The van der Waals surface area contributed by atoms with Crippen molar-refractivity contribution in [2.24, 2.45) is 35.5 Å². The molecule has 0 aliphatic heterocycles. The van der Waals surface area contributed by atoms with Gasteiger partial charge in [0.25, 0.3) is 0 Å². The first-order valence-electron chi connectivity index (χ1n) is 23.6. The fraction of sp³-hybridized carbons (Fsp3) is 0.345. The molecule has 8 fully saturated rings. The molecule has 8 saturated carbocycles. The van der Waals surface area contributed by atoms with Crippen molar-refractivity contribution in [1.29, 1.82) is 0 Å². The van der Waals surface area contributed by atoms with E-state index in [0.717, 1.165) is 68.5 Å². The van der Waals surface area contributed by atoms with Crippen LogP contribution in [0.25, 0.3) is 43.8 Å². The van der Waals surface area contributed by atoms with Crippen LogP contribution in [-0.2, 0) is 0 Å². The molecule has 0 spiro atoms. The summed E-state index contributed by atoms with van der Waals surface area (Å²) in [6.07, 6.45) is 15.8. The molecule has 0 heterocycles. The minimum Gasteiger partial charge on any atom is -0.335 e. The highest BCUT2D eigenvalue weighted by molar-refractivity contribution is 6.22. The second-order valence-corrected chi connectivity index (χ2v) is 20.8. The molecule has 0 atom stereocenters. The number of anilines is 4. The first kappa shape index (κ1) is 37.1. The van der Waals surface area contributed by atoms with Gasteiger partial charge in [0.2, 0.25) is 0 Å². The van der Waals surface area contributed by atoms with E-state index in [2.05, 4.69) is 107 Å². The molecule has 310 valence electrons. The highest BCUT2D eigenvalue weighted by Gasteiger charge is 2.55. The normalized spacial score (nSPS) is 29.1. The van der Waals surface area contributed by atoms with Gasteiger partial charge in [-0.2, -0.15) is 0 Å². The summed E-state index contributed by atoms with van der Waals surface area (Å²) in [5.41, 5.74) is 9.24. The van der Waals surface area contributed by atoms with Crippen LogP contribution in [0.2, 0.25) is 0 Å². The molecule has 0 amide bonds. The summed E-state index contributed by atoms with van der Waals surface area (Å²) in [5.74, 6) is 4.28. The summed E-state index contributed by atoms with van der Waals surface area (Å²) < 4.78 is 29.5. The van der Waals surface area contributed by atoms with Gasteiger partial charge in [-0.1, -0.05) is 72.8 Å². The molecule has 8 aliphatic rings. The van der Waals surface area contributed by atoms with E-state index in [-0.39, 0.29) is 22.7 Å². The van der Waals surface area contributed by atoms with Crippen LogP contribution in [0.3, 0.4) is 0 Å². The van der Waals surface area contributed by atoms with Crippen LogP contribution in [0.1, 0.15) is 77.0 Å². The Morgan fingerprint density at radius 3 is 0.984 bits per heavy atom. The highest BCUT2D eigenvalue weighted by Crippen LogP contribution is 2.62. The van der Waals surface area contributed by atoms with E-state index in [9.17, 15) is 8.78 Å². The number of benzene rings is 7. The van der Waals surface area contributed by atoms with E-state index in [1.54, 1.807) is 24.3 Å². The third-order valence-electron chi connectivity index (χ3n) is 16.9. The lowest BCUT2D eigenvalue weighted by Crippen LogP contribution is -2.58. The lowest BCUT2D eigenvalue weighted by atomic mass is 9.52. The summed E-state index contributed by atoms with van der Waals surface area (Å²) >= 11 is 0. The first-order chi connectivity index (χ1) is 30.4. The second kappa shape index (κ2) is 14.0. The van der Waals surface area contributed by atoms with Gasteiger partial charge in [0.05, 0.1) is 0 Å². The quantitative estimate of drug-likeness (QED) is 0.141. The monoisotopic (exact) mass is 816 g/mol. The van der Waals surface area contributed by atoms with Crippen LogP contribution in [0.15, 0.2) is 146 Å². The molecule has 0 saturated heterocycles. The Balaban J connectivity index is 1.10.